The highest BCUT2D eigenvalue weighted by atomic mass is 16.6. The lowest BCUT2D eigenvalue weighted by Gasteiger charge is -2.17. The van der Waals surface area contributed by atoms with Crippen molar-refractivity contribution in [3.63, 3.8) is 0 Å². The van der Waals surface area contributed by atoms with E-state index in [1.807, 2.05) is 12.1 Å². The first-order valence-electron chi connectivity index (χ1n) is 15.7. The number of nitro benzene ring substituents is 1. The molecule has 6 rings (SSSR count). The summed E-state index contributed by atoms with van der Waals surface area (Å²) in [4.78, 5) is 27.7. The molecule has 2 aromatic carbocycles. The SMILES string of the molecule is CC(C)(O)c1ncc(-c2cc(C3CCCO3)c(N)c([N+](=O)[O-])c2)cn1.CC(C)(O)c1ncc(-c2cc(N)c(N)c(C3CCCO3)c2)cn1. The summed E-state index contributed by atoms with van der Waals surface area (Å²) in [6.07, 6.45) is 9.84. The molecule has 2 atom stereocenters. The third-order valence-electron chi connectivity index (χ3n) is 8.25. The van der Waals surface area contributed by atoms with Gasteiger partial charge < -0.3 is 36.9 Å². The van der Waals surface area contributed by atoms with Crippen LogP contribution >= 0.6 is 0 Å². The van der Waals surface area contributed by atoms with E-state index in [0.717, 1.165) is 49.0 Å². The number of benzene rings is 2. The van der Waals surface area contributed by atoms with Gasteiger partial charge in [-0.05, 0) is 82.7 Å². The highest BCUT2D eigenvalue weighted by Gasteiger charge is 2.27. The Bertz CT molecular complexity index is 1760. The van der Waals surface area contributed by atoms with Crippen LogP contribution in [0.4, 0.5) is 22.7 Å². The molecule has 48 heavy (non-hydrogen) atoms. The fourth-order valence-electron chi connectivity index (χ4n) is 5.61. The second-order valence-corrected chi connectivity index (χ2v) is 13.0. The zero-order valence-corrected chi connectivity index (χ0v) is 27.5. The van der Waals surface area contributed by atoms with Crippen LogP contribution in [0, 0.1) is 10.1 Å². The molecule has 4 aromatic rings. The maximum absolute atomic E-state index is 11.4. The predicted octanol–water partition coefficient (Wildman–Crippen LogP) is 5.10. The third-order valence-corrected chi connectivity index (χ3v) is 8.25. The summed E-state index contributed by atoms with van der Waals surface area (Å²) in [6.45, 7) is 7.85. The molecule has 2 saturated heterocycles. The zero-order valence-electron chi connectivity index (χ0n) is 27.5. The number of aliphatic hydroxyl groups is 2. The molecule has 0 radical (unpaired) electrons. The van der Waals surface area contributed by atoms with Gasteiger partial charge >= 0.3 is 0 Å². The molecule has 254 valence electrons. The third kappa shape index (κ3) is 7.68. The summed E-state index contributed by atoms with van der Waals surface area (Å²) in [6, 6.07) is 7.01. The topological polar surface area (TPSA) is 232 Å². The number of ether oxygens (including phenoxy) is 2. The van der Waals surface area contributed by atoms with Gasteiger partial charge in [-0.1, -0.05) is 0 Å². The van der Waals surface area contributed by atoms with Crippen LogP contribution < -0.4 is 17.2 Å². The van der Waals surface area contributed by atoms with Crippen molar-refractivity contribution in [3.8, 4) is 22.3 Å². The number of aromatic nitrogens is 4. The molecule has 2 aliphatic heterocycles. The second-order valence-electron chi connectivity index (χ2n) is 13.0. The number of nitrogens with zero attached hydrogens (tertiary/aromatic N) is 5. The van der Waals surface area contributed by atoms with Crippen LogP contribution in [0.15, 0.2) is 49.1 Å². The Morgan fingerprint density at radius 3 is 1.50 bits per heavy atom. The van der Waals surface area contributed by atoms with Gasteiger partial charge in [0.25, 0.3) is 5.69 Å². The average molecular weight is 659 g/mol. The predicted molar refractivity (Wildman–Crippen MR) is 181 cm³/mol. The maximum atomic E-state index is 11.4. The molecule has 14 heteroatoms. The average Bonchev–Trinajstić information content (AvgIpc) is 3.78. The first kappa shape index (κ1) is 34.6. The van der Waals surface area contributed by atoms with Crippen LogP contribution in [0.5, 0.6) is 0 Å². The lowest BCUT2D eigenvalue weighted by Crippen LogP contribution is -2.19. The van der Waals surface area contributed by atoms with Crippen molar-refractivity contribution >= 4 is 22.7 Å². The number of hydrogen-bond acceptors (Lipinski definition) is 13. The van der Waals surface area contributed by atoms with E-state index in [-0.39, 0.29) is 29.4 Å². The van der Waals surface area contributed by atoms with Gasteiger partial charge in [0.15, 0.2) is 11.6 Å². The van der Waals surface area contributed by atoms with Crippen molar-refractivity contribution in [2.75, 3.05) is 30.4 Å². The summed E-state index contributed by atoms with van der Waals surface area (Å²) >= 11 is 0. The van der Waals surface area contributed by atoms with E-state index in [0.29, 0.717) is 40.5 Å². The Hall–Kier alpha value is -4.76. The van der Waals surface area contributed by atoms with Gasteiger partial charge in [-0.3, -0.25) is 10.1 Å². The Kier molecular flexibility index (Phi) is 9.91. The summed E-state index contributed by atoms with van der Waals surface area (Å²) in [5, 5.41) is 31.3. The number of nitro groups is 1. The fourth-order valence-corrected chi connectivity index (χ4v) is 5.61. The number of nitrogens with two attached hydrogens (primary N) is 3. The van der Waals surface area contributed by atoms with Gasteiger partial charge in [-0.15, -0.1) is 0 Å². The molecule has 14 nitrogen and oxygen atoms in total. The normalized spacial score (nSPS) is 18.0. The van der Waals surface area contributed by atoms with Crippen molar-refractivity contribution in [1.82, 2.24) is 19.9 Å². The van der Waals surface area contributed by atoms with Crippen LogP contribution in [-0.4, -0.2) is 48.3 Å². The van der Waals surface area contributed by atoms with Crippen LogP contribution in [0.1, 0.15) is 88.4 Å². The van der Waals surface area contributed by atoms with Gasteiger partial charge in [0, 0.05) is 66.3 Å². The molecule has 8 N–H and O–H groups in total. The molecule has 2 fully saturated rings. The first-order chi connectivity index (χ1) is 22.6. The van der Waals surface area contributed by atoms with Crippen molar-refractivity contribution in [2.45, 2.75) is 76.8 Å². The minimum absolute atomic E-state index is 0.00573. The highest BCUT2D eigenvalue weighted by Crippen LogP contribution is 2.40. The molecular weight excluding hydrogens is 616 g/mol. The van der Waals surface area contributed by atoms with E-state index >= 15 is 0 Å². The van der Waals surface area contributed by atoms with E-state index in [1.54, 1.807) is 46.2 Å². The minimum atomic E-state index is -1.16. The quantitative estimate of drug-likeness (QED) is 0.0989. The summed E-state index contributed by atoms with van der Waals surface area (Å²) in [5.41, 5.74) is 21.5. The molecular formula is C34H42N8O6. The number of anilines is 3. The monoisotopic (exact) mass is 658 g/mol. The molecule has 0 amide bonds. The smallest absolute Gasteiger partial charge is 0.293 e. The van der Waals surface area contributed by atoms with Crippen molar-refractivity contribution in [1.29, 1.82) is 0 Å². The Morgan fingerprint density at radius 2 is 1.12 bits per heavy atom. The molecule has 0 saturated carbocycles. The highest BCUT2D eigenvalue weighted by molar-refractivity contribution is 5.78. The van der Waals surface area contributed by atoms with Crippen LogP contribution in [0.3, 0.4) is 0 Å². The lowest BCUT2D eigenvalue weighted by atomic mass is 9.97. The first-order valence-corrected chi connectivity index (χ1v) is 15.7. The van der Waals surface area contributed by atoms with E-state index in [2.05, 4.69) is 19.9 Å². The number of nitrogen functional groups attached to an aromatic ring is 3. The Labute approximate surface area is 278 Å². The summed E-state index contributed by atoms with van der Waals surface area (Å²) in [5.74, 6) is 0.657. The van der Waals surface area contributed by atoms with Crippen molar-refractivity contribution in [3.05, 3.63) is 81.9 Å². The molecule has 0 spiro atoms. The van der Waals surface area contributed by atoms with E-state index < -0.39 is 16.1 Å². The van der Waals surface area contributed by atoms with Crippen LogP contribution in [0.25, 0.3) is 22.3 Å². The van der Waals surface area contributed by atoms with Crippen molar-refractivity contribution in [2.24, 2.45) is 0 Å². The summed E-state index contributed by atoms with van der Waals surface area (Å²) in [7, 11) is 0. The number of hydrogen-bond donors (Lipinski definition) is 5. The standard InChI is InChI=1S/C17H20N4O4.C17H22N4O2/c1-17(2,22)16-19-8-11(9-20-16)10-6-12(14-4-3-5-25-14)15(18)13(7-10)21(23)24;1-17(2,22)16-20-8-11(9-21-16)10-6-12(14-4-3-5-23-14)15(19)13(18)7-10/h6-9,14,22H,3-5,18H2,1-2H3;6-9,14,22H,3-5,18-19H2,1-2H3. The van der Waals surface area contributed by atoms with E-state index in [9.17, 15) is 20.3 Å². The fraction of sp³-hybridized carbons (Fsp3) is 0.412. The lowest BCUT2D eigenvalue weighted by molar-refractivity contribution is -0.383. The Balaban J connectivity index is 0.000000188. The van der Waals surface area contributed by atoms with Gasteiger partial charge in [0.1, 0.15) is 16.9 Å². The van der Waals surface area contributed by atoms with Crippen LogP contribution in [0.2, 0.25) is 0 Å². The Morgan fingerprint density at radius 1 is 0.708 bits per heavy atom. The largest absolute Gasteiger partial charge is 0.397 e. The summed E-state index contributed by atoms with van der Waals surface area (Å²) < 4.78 is 11.4. The van der Waals surface area contributed by atoms with E-state index in [1.165, 1.54) is 18.5 Å². The number of rotatable bonds is 7. The second kappa shape index (κ2) is 13.8. The van der Waals surface area contributed by atoms with Crippen molar-refractivity contribution < 1.29 is 24.6 Å². The van der Waals surface area contributed by atoms with Gasteiger partial charge in [-0.2, -0.15) is 0 Å². The van der Waals surface area contributed by atoms with E-state index in [4.69, 9.17) is 26.7 Å². The molecule has 0 aliphatic carbocycles. The van der Waals surface area contributed by atoms with Gasteiger partial charge in [-0.25, -0.2) is 19.9 Å². The molecule has 2 unspecified atom stereocenters. The molecule has 0 bridgehead atoms. The molecule has 2 aromatic heterocycles. The maximum Gasteiger partial charge on any atom is 0.293 e. The molecule has 2 aliphatic rings. The molecule has 4 heterocycles. The van der Waals surface area contributed by atoms with Gasteiger partial charge in [0.2, 0.25) is 0 Å². The minimum Gasteiger partial charge on any atom is -0.397 e. The van der Waals surface area contributed by atoms with Crippen LogP contribution in [-0.2, 0) is 20.7 Å². The zero-order chi connectivity index (χ0) is 34.8. The van der Waals surface area contributed by atoms with Gasteiger partial charge in [0.05, 0.1) is 28.5 Å².